The molecule has 1 atom stereocenters. The highest BCUT2D eigenvalue weighted by molar-refractivity contribution is 7.16. The van der Waals surface area contributed by atoms with Crippen LogP contribution in [-0.2, 0) is 4.74 Å². The number of hydrogen-bond donors (Lipinski definition) is 1. The number of nitrogens with zero attached hydrogens (tertiary/aromatic N) is 2. The van der Waals surface area contributed by atoms with Crippen molar-refractivity contribution < 1.29 is 14.8 Å². The van der Waals surface area contributed by atoms with Crippen molar-refractivity contribution in [3.05, 3.63) is 21.1 Å². The molecular weight excluding hydrogens is 292 g/mol. The average molecular weight is 314 g/mol. The van der Waals surface area contributed by atoms with Gasteiger partial charge in [-0.15, -0.1) is 11.3 Å². The van der Waals surface area contributed by atoms with E-state index in [4.69, 9.17) is 4.74 Å². The van der Waals surface area contributed by atoms with Gasteiger partial charge in [0.05, 0.1) is 22.2 Å². The minimum absolute atomic E-state index is 0.0596. The SMILES string of the molecule is C[C@H](O)c1cc([N+](=O)[O-])c(N2CC(C)(C)OC(C)(C)C2)s1. The van der Waals surface area contributed by atoms with Crippen molar-refractivity contribution in [1.29, 1.82) is 0 Å². The molecule has 2 rings (SSSR count). The summed E-state index contributed by atoms with van der Waals surface area (Å²) < 4.78 is 6.01. The molecule has 1 fully saturated rings. The Morgan fingerprint density at radius 2 is 1.90 bits per heavy atom. The first kappa shape index (κ1) is 16.2. The van der Waals surface area contributed by atoms with Crippen molar-refractivity contribution in [3.63, 3.8) is 0 Å². The second-order valence-electron chi connectivity index (χ2n) is 6.75. The molecule has 0 spiro atoms. The molecule has 1 aromatic rings. The molecule has 0 radical (unpaired) electrons. The molecule has 6 nitrogen and oxygen atoms in total. The van der Waals surface area contributed by atoms with Crippen LogP contribution in [0.15, 0.2) is 6.07 Å². The van der Waals surface area contributed by atoms with Crippen LogP contribution in [0.3, 0.4) is 0 Å². The minimum atomic E-state index is -0.704. The molecule has 0 saturated carbocycles. The third kappa shape index (κ3) is 3.53. The highest BCUT2D eigenvalue weighted by Crippen LogP contribution is 2.43. The molecule has 1 N–H and O–H groups in total. The molecule has 0 aliphatic carbocycles. The van der Waals surface area contributed by atoms with E-state index in [0.717, 1.165) is 0 Å². The highest BCUT2D eigenvalue weighted by Gasteiger charge is 2.40. The fraction of sp³-hybridized carbons (Fsp3) is 0.714. The van der Waals surface area contributed by atoms with Gasteiger partial charge in [0.15, 0.2) is 5.00 Å². The van der Waals surface area contributed by atoms with Gasteiger partial charge < -0.3 is 14.7 Å². The van der Waals surface area contributed by atoms with Crippen LogP contribution in [0.2, 0.25) is 0 Å². The van der Waals surface area contributed by atoms with E-state index < -0.39 is 6.10 Å². The molecule has 1 aliphatic rings. The van der Waals surface area contributed by atoms with E-state index in [9.17, 15) is 15.2 Å². The Hall–Kier alpha value is -1.18. The number of morpholine rings is 1. The quantitative estimate of drug-likeness (QED) is 0.685. The Morgan fingerprint density at radius 3 is 2.33 bits per heavy atom. The van der Waals surface area contributed by atoms with Gasteiger partial charge in [-0.25, -0.2) is 0 Å². The van der Waals surface area contributed by atoms with Crippen LogP contribution in [0, 0.1) is 10.1 Å². The van der Waals surface area contributed by atoms with Crippen LogP contribution in [0.25, 0.3) is 0 Å². The summed E-state index contributed by atoms with van der Waals surface area (Å²) in [4.78, 5) is 13.5. The van der Waals surface area contributed by atoms with Crippen molar-refractivity contribution in [2.75, 3.05) is 18.0 Å². The van der Waals surface area contributed by atoms with Crippen LogP contribution < -0.4 is 4.90 Å². The second-order valence-corrected chi connectivity index (χ2v) is 7.81. The maximum Gasteiger partial charge on any atom is 0.304 e. The normalized spacial score (nSPS) is 22.1. The second kappa shape index (κ2) is 5.23. The van der Waals surface area contributed by atoms with Crippen molar-refractivity contribution in [1.82, 2.24) is 0 Å². The van der Waals surface area contributed by atoms with E-state index in [1.807, 2.05) is 32.6 Å². The maximum atomic E-state index is 11.3. The van der Waals surface area contributed by atoms with Crippen LogP contribution in [0.1, 0.15) is 45.6 Å². The number of anilines is 1. The summed E-state index contributed by atoms with van der Waals surface area (Å²) in [7, 11) is 0. The molecular formula is C14H22N2O4S. The standard InChI is InChI=1S/C14H22N2O4S/c1-9(17)11-6-10(16(18)19)12(21-11)15-7-13(2,3)20-14(4,5)8-15/h6,9,17H,7-8H2,1-5H3/t9-/m0/s1. The Morgan fingerprint density at radius 1 is 1.38 bits per heavy atom. The lowest BCUT2D eigenvalue weighted by molar-refractivity contribution is -0.383. The first-order valence-corrected chi connectivity index (χ1v) is 7.74. The molecule has 0 amide bonds. The van der Waals surface area contributed by atoms with Crippen molar-refractivity contribution in [3.8, 4) is 0 Å². The van der Waals surface area contributed by atoms with Gasteiger partial charge in [-0.3, -0.25) is 10.1 Å². The fourth-order valence-electron chi connectivity index (χ4n) is 2.88. The molecule has 2 heterocycles. The fourth-order valence-corrected chi connectivity index (χ4v) is 3.94. The first-order chi connectivity index (χ1) is 9.51. The monoisotopic (exact) mass is 314 g/mol. The van der Waals surface area contributed by atoms with Gasteiger partial charge in [-0.1, -0.05) is 0 Å². The van der Waals surface area contributed by atoms with Crippen molar-refractivity contribution in [2.45, 2.75) is 51.9 Å². The molecule has 118 valence electrons. The molecule has 21 heavy (non-hydrogen) atoms. The summed E-state index contributed by atoms with van der Waals surface area (Å²) in [6.07, 6.45) is -0.704. The zero-order chi connectivity index (χ0) is 16.0. The van der Waals surface area contributed by atoms with E-state index in [-0.39, 0.29) is 21.8 Å². The van der Waals surface area contributed by atoms with Gasteiger partial charge in [0, 0.05) is 24.0 Å². The topological polar surface area (TPSA) is 75.8 Å². The molecule has 1 aliphatic heterocycles. The Balaban J connectivity index is 2.42. The zero-order valence-corrected chi connectivity index (χ0v) is 13.9. The lowest BCUT2D eigenvalue weighted by atomic mass is 9.99. The summed E-state index contributed by atoms with van der Waals surface area (Å²) in [5.74, 6) is 0. The van der Waals surface area contributed by atoms with Crippen molar-refractivity contribution >= 4 is 22.0 Å². The van der Waals surface area contributed by atoms with Gasteiger partial charge in [-0.2, -0.15) is 0 Å². The molecule has 7 heteroatoms. The number of hydrogen-bond acceptors (Lipinski definition) is 6. The van der Waals surface area contributed by atoms with Crippen LogP contribution in [0.4, 0.5) is 10.7 Å². The Bertz CT molecular complexity index is 535. The number of rotatable bonds is 3. The van der Waals surface area contributed by atoms with Crippen molar-refractivity contribution in [2.24, 2.45) is 0 Å². The largest absolute Gasteiger partial charge is 0.388 e. The smallest absolute Gasteiger partial charge is 0.304 e. The molecule has 1 aromatic heterocycles. The molecule has 0 bridgehead atoms. The third-order valence-electron chi connectivity index (χ3n) is 3.30. The predicted molar refractivity (Wildman–Crippen MR) is 83.1 cm³/mol. The van der Waals surface area contributed by atoms with Gasteiger partial charge in [0.1, 0.15) is 0 Å². The molecule has 0 aromatic carbocycles. The van der Waals surface area contributed by atoms with Crippen LogP contribution in [0.5, 0.6) is 0 Å². The Kier molecular flexibility index (Phi) is 4.03. The molecule has 0 unspecified atom stereocenters. The summed E-state index contributed by atoms with van der Waals surface area (Å²) in [6, 6.07) is 1.47. The molecule has 1 saturated heterocycles. The van der Waals surface area contributed by atoms with Gasteiger partial charge in [0.25, 0.3) is 0 Å². The van der Waals surface area contributed by atoms with E-state index >= 15 is 0 Å². The number of ether oxygens (including phenoxy) is 1. The third-order valence-corrected chi connectivity index (χ3v) is 4.66. The van der Waals surface area contributed by atoms with E-state index in [1.165, 1.54) is 17.4 Å². The Labute approximate surface area is 128 Å². The van der Waals surface area contributed by atoms with E-state index in [1.54, 1.807) is 6.92 Å². The van der Waals surface area contributed by atoms with Gasteiger partial charge in [0.2, 0.25) is 0 Å². The number of thiophene rings is 1. The maximum absolute atomic E-state index is 11.3. The predicted octanol–water partition coefficient (Wildman–Crippen LogP) is 3.10. The van der Waals surface area contributed by atoms with E-state index in [0.29, 0.717) is 23.0 Å². The summed E-state index contributed by atoms with van der Waals surface area (Å²) in [6.45, 7) is 10.7. The van der Waals surface area contributed by atoms with Gasteiger partial charge in [-0.05, 0) is 34.6 Å². The summed E-state index contributed by atoms with van der Waals surface area (Å²) >= 11 is 1.28. The average Bonchev–Trinajstić information content (AvgIpc) is 2.69. The van der Waals surface area contributed by atoms with E-state index in [2.05, 4.69) is 0 Å². The number of aliphatic hydroxyl groups is 1. The number of nitro groups is 1. The zero-order valence-electron chi connectivity index (χ0n) is 13.0. The summed E-state index contributed by atoms with van der Waals surface area (Å²) in [5.41, 5.74) is -0.709. The lowest BCUT2D eigenvalue weighted by Gasteiger charge is -2.47. The first-order valence-electron chi connectivity index (χ1n) is 6.92. The van der Waals surface area contributed by atoms with Crippen LogP contribution in [-0.4, -0.2) is 34.3 Å². The van der Waals surface area contributed by atoms with Gasteiger partial charge >= 0.3 is 5.69 Å². The number of aliphatic hydroxyl groups excluding tert-OH is 1. The lowest BCUT2D eigenvalue weighted by Crippen LogP contribution is -2.57. The van der Waals surface area contributed by atoms with Crippen LogP contribution >= 0.6 is 11.3 Å². The summed E-state index contributed by atoms with van der Waals surface area (Å²) in [5, 5.41) is 21.6. The minimum Gasteiger partial charge on any atom is -0.388 e. The highest BCUT2D eigenvalue weighted by atomic mass is 32.1.